The molecule has 0 aliphatic heterocycles. The quantitative estimate of drug-likeness (QED) is 0.379. The molecule has 0 unspecified atom stereocenters. The molecule has 94 valence electrons. The Labute approximate surface area is 116 Å². The lowest BCUT2D eigenvalue weighted by atomic mass is 10.1. The highest BCUT2D eigenvalue weighted by Crippen LogP contribution is 2.36. The minimum atomic E-state index is -1.58. The highest BCUT2D eigenvalue weighted by Gasteiger charge is 2.36. The molecule has 0 N–H and O–H groups in total. The van der Waals surface area contributed by atoms with Gasteiger partial charge in [0, 0.05) is 0 Å². The summed E-state index contributed by atoms with van der Waals surface area (Å²) in [5, 5.41) is 0.295. The van der Waals surface area contributed by atoms with Crippen molar-refractivity contribution in [3.05, 3.63) is 21.3 Å². The highest BCUT2D eigenvalue weighted by molar-refractivity contribution is 14.1. The zero-order valence-corrected chi connectivity index (χ0v) is 14.8. The van der Waals surface area contributed by atoms with Crippen LogP contribution in [-0.4, -0.2) is 14.9 Å². The number of allylic oxidation sites excluding steroid dienone is 2. The largest absolute Gasteiger partial charge is 0.413 e. The lowest BCUT2D eigenvalue weighted by molar-refractivity contribution is 0.327. The SMILES string of the molecule is CC(=C\I)/C(C)=C/CO[Si](C)(C)C(C)(C)C. The average molecular weight is 352 g/mol. The maximum absolute atomic E-state index is 6.09. The molecule has 3 heteroatoms. The van der Waals surface area contributed by atoms with Crippen molar-refractivity contribution in [3.63, 3.8) is 0 Å². The third-order valence-corrected chi connectivity index (χ3v) is 8.86. The van der Waals surface area contributed by atoms with Crippen molar-refractivity contribution in [3.8, 4) is 0 Å². The van der Waals surface area contributed by atoms with Gasteiger partial charge in [-0.2, -0.15) is 0 Å². The van der Waals surface area contributed by atoms with Crippen molar-refractivity contribution in [1.82, 2.24) is 0 Å². The molecule has 0 radical (unpaired) electrons. The second kappa shape index (κ2) is 6.35. The van der Waals surface area contributed by atoms with Gasteiger partial charge in [0.1, 0.15) is 0 Å². The van der Waals surface area contributed by atoms with Crippen LogP contribution in [-0.2, 0) is 4.43 Å². The molecule has 0 saturated heterocycles. The average Bonchev–Trinajstić information content (AvgIpc) is 2.14. The van der Waals surface area contributed by atoms with Crippen LogP contribution >= 0.6 is 22.6 Å². The molecule has 0 aromatic rings. The van der Waals surface area contributed by atoms with Gasteiger partial charge in [-0.15, -0.1) is 0 Å². The van der Waals surface area contributed by atoms with E-state index in [-0.39, 0.29) is 0 Å². The Morgan fingerprint density at radius 2 is 1.69 bits per heavy atom. The van der Waals surface area contributed by atoms with E-state index in [9.17, 15) is 0 Å². The first-order valence-electron chi connectivity index (χ1n) is 5.70. The number of rotatable bonds is 4. The van der Waals surface area contributed by atoms with E-state index >= 15 is 0 Å². The molecule has 0 heterocycles. The summed E-state index contributed by atoms with van der Waals surface area (Å²) in [7, 11) is -1.58. The van der Waals surface area contributed by atoms with Gasteiger partial charge in [-0.3, -0.25) is 0 Å². The summed E-state index contributed by atoms with van der Waals surface area (Å²) < 4.78 is 8.20. The molecule has 0 aliphatic carbocycles. The third kappa shape index (κ3) is 5.14. The zero-order valence-electron chi connectivity index (χ0n) is 11.6. The van der Waals surface area contributed by atoms with Crippen LogP contribution in [0.4, 0.5) is 0 Å². The third-order valence-electron chi connectivity index (χ3n) is 3.43. The first kappa shape index (κ1) is 16.4. The van der Waals surface area contributed by atoms with Crippen molar-refractivity contribution in [2.45, 2.75) is 52.8 Å². The second-order valence-corrected chi connectivity index (χ2v) is 11.2. The van der Waals surface area contributed by atoms with E-state index in [0.717, 1.165) is 6.61 Å². The molecule has 0 aliphatic rings. The topological polar surface area (TPSA) is 9.23 Å². The molecule has 1 nitrogen and oxygen atoms in total. The number of hydrogen-bond donors (Lipinski definition) is 0. The van der Waals surface area contributed by atoms with E-state index < -0.39 is 8.32 Å². The van der Waals surface area contributed by atoms with Gasteiger partial charge in [-0.1, -0.05) is 49.4 Å². The Morgan fingerprint density at radius 3 is 2.06 bits per heavy atom. The van der Waals surface area contributed by atoms with Crippen LogP contribution in [0, 0.1) is 0 Å². The number of halogens is 1. The molecular formula is C13H25IOSi. The van der Waals surface area contributed by atoms with Crippen molar-refractivity contribution >= 4 is 30.9 Å². The van der Waals surface area contributed by atoms with Crippen molar-refractivity contribution in [1.29, 1.82) is 0 Å². The van der Waals surface area contributed by atoms with Crippen LogP contribution in [0.5, 0.6) is 0 Å². The van der Waals surface area contributed by atoms with Gasteiger partial charge < -0.3 is 4.43 Å². The smallest absolute Gasteiger partial charge is 0.192 e. The minimum absolute atomic E-state index is 0.295. The Hall–Kier alpha value is 0.387. The Morgan fingerprint density at radius 1 is 1.19 bits per heavy atom. The van der Waals surface area contributed by atoms with Crippen LogP contribution in [0.15, 0.2) is 21.3 Å². The van der Waals surface area contributed by atoms with Crippen LogP contribution in [0.2, 0.25) is 18.1 Å². The van der Waals surface area contributed by atoms with Gasteiger partial charge >= 0.3 is 0 Å². The molecule has 0 fully saturated rings. The lowest BCUT2D eigenvalue weighted by Crippen LogP contribution is -2.40. The Balaban J connectivity index is 4.39. The standard InChI is InChI=1S/C13H25IOSi/c1-11(12(2)10-14)8-9-15-16(6,7)13(3,4)5/h8,10H,9H2,1-7H3/b11-8+,12-10+. The van der Waals surface area contributed by atoms with Gasteiger partial charge in [-0.25, -0.2) is 0 Å². The molecular weight excluding hydrogens is 327 g/mol. The summed E-state index contributed by atoms with van der Waals surface area (Å²) in [6.45, 7) is 16.4. The Kier molecular flexibility index (Phi) is 6.51. The van der Waals surface area contributed by atoms with Gasteiger partial charge in [0.15, 0.2) is 8.32 Å². The molecule has 0 bridgehead atoms. The van der Waals surface area contributed by atoms with Crippen LogP contribution < -0.4 is 0 Å². The fourth-order valence-corrected chi connectivity index (χ4v) is 2.26. The first-order chi connectivity index (χ1) is 7.12. The Bertz CT molecular complexity index is 285. The van der Waals surface area contributed by atoms with E-state index in [1.54, 1.807) is 0 Å². The van der Waals surface area contributed by atoms with Gasteiger partial charge in [0.2, 0.25) is 0 Å². The minimum Gasteiger partial charge on any atom is -0.413 e. The molecule has 0 rings (SSSR count). The van der Waals surface area contributed by atoms with Gasteiger partial charge in [-0.05, 0) is 47.2 Å². The molecule has 0 spiro atoms. The van der Waals surface area contributed by atoms with E-state index in [1.165, 1.54) is 11.1 Å². The summed E-state index contributed by atoms with van der Waals surface area (Å²) >= 11 is 2.27. The summed E-state index contributed by atoms with van der Waals surface area (Å²) in [5.74, 6) is 0. The molecule has 0 aromatic heterocycles. The molecule has 16 heavy (non-hydrogen) atoms. The fourth-order valence-electron chi connectivity index (χ4n) is 0.839. The summed E-state index contributed by atoms with van der Waals surface area (Å²) in [4.78, 5) is 0. The van der Waals surface area contributed by atoms with E-state index in [4.69, 9.17) is 4.43 Å². The van der Waals surface area contributed by atoms with Crippen molar-refractivity contribution in [2.24, 2.45) is 0 Å². The lowest BCUT2D eigenvalue weighted by Gasteiger charge is -2.35. The predicted octanol–water partition coefficient (Wildman–Crippen LogP) is 5.29. The fraction of sp³-hybridized carbons (Fsp3) is 0.692. The highest BCUT2D eigenvalue weighted by atomic mass is 127. The van der Waals surface area contributed by atoms with E-state index in [0.29, 0.717) is 5.04 Å². The van der Waals surface area contributed by atoms with Crippen LogP contribution in [0.1, 0.15) is 34.6 Å². The molecule has 0 saturated carbocycles. The maximum atomic E-state index is 6.09. The molecule has 0 atom stereocenters. The predicted molar refractivity (Wildman–Crippen MR) is 84.7 cm³/mol. The van der Waals surface area contributed by atoms with Gasteiger partial charge in [0.05, 0.1) is 6.61 Å². The second-order valence-electron chi connectivity index (χ2n) is 5.75. The molecule has 0 amide bonds. The summed E-state index contributed by atoms with van der Waals surface area (Å²) in [6.07, 6.45) is 2.19. The first-order valence-corrected chi connectivity index (χ1v) is 9.85. The summed E-state index contributed by atoms with van der Waals surface area (Å²) in [5.41, 5.74) is 2.63. The van der Waals surface area contributed by atoms with Gasteiger partial charge in [0.25, 0.3) is 0 Å². The normalized spacial score (nSPS) is 15.5. The van der Waals surface area contributed by atoms with Crippen molar-refractivity contribution in [2.75, 3.05) is 6.61 Å². The maximum Gasteiger partial charge on any atom is 0.192 e. The van der Waals surface area contributed by atoms with E-state index in [2.05, 4.69) is 80.5 Å². The van der Waals surface area contributed by atoms with Crippen molar-refractivity contribution < 1.29 is 4.43 Å². The zero-order chi connectivity index (χ0) is 13.0. The molecule has 0 aromatic carbocycles. The summed E-state index contributed by atoms with van der Waals surface area (Å²) in [6, 6.07) is 0. The number of hydrogen-bond acceptors (Lipinski definition) is 1. The monoisotopic (exact) mass is 352 g/mol. The van der Waals surface area contributed by atoms with Crippen LogP contribution in [0.3, 0.4) is 0 Å². The van der Waals surface area contributed by atoms with Crippen LogP contribution in [0.25, 0.3) is 0 Å². The van der Waals surface area contributed by atoms with E-state index in [1.807, 2.05) is 0 Å².